The largest absolute Gasteiger partial charge is 0.349 e. The van der Waals surface area contributed by atoms with Crippen molar-refractivity contribution in [3.05, 3.63) is 28.2 Å². The number of carbonyl (C=O) groups excluding carboxylic acids is 1. The summed E-state index contributed by atoms with van der Waals surface area (Å²) in [5, 5.41) is 0.469. The van der Waals surface area contributed by atoms with Crippen LogP contribution in [-0.2, 0) is 14.8 Å². The Hall–Kier alpha value is -0.820. The fourth-order valence-corrected chi connectivity index (χ4v) is 4.73. The van der Waals surface area contributed by atoms with Gasteiger partial charge in [-0.2, -0.15) is 4.31 Å². The first kappa shape index (κ1) is 17.5. The van der Waals surface area contributed by atoms with Crippen molar-refractivity contribution in [1.29, 1.82) is 0 Å². The van der Waals surface area contributed by atoms with Crippen LogP contribution in [0.1, 0.15) is 12.8 Å². The Morgan fingerprint density at radius 3 is 2.36 bits per heavy atom. The normalized spacial score (nSPS) is 17.5. The van der Waals surface area contributed by atoms with Crippen LogP contribution in [0.4, 0.5) is 0 Å². The summed E-state index contributed by atoms with van der Waals surface area (Å²) < 4.78 is 26.7. The highest BCUT2D eigenvalue weighted by molar-refractivity contribution is 7.89. The minimum atomic E-state index is -3.69. The van der Waals surface area contributed by atoms with Gasteiger partial charge >= 0.3 is 0 Å². The molecule has 1 aromatic carbocycles. The van der Waals surface area contributed by atoms with Gasteiger partial charge in [0.1, 0.15) is 4.90 Å². The molecule has 1 aliphatic rings. The Morgan fingerprint density at radius 1 is 1.23 bits per heavy atom. The van der Waals surface area contributed by atoms with E-state index in [2.05, 4.69) is 0 Å². The molecule has 0 atom stereocenters. The van der Waals surface area contributed by atoms with Gasteiger partial charge in [-0.3, -0.25) is 4.79 Å². The fraction of sp³-hybridized carbons (Fsp3) is 0.500. The lowest BCUT2D eigenvalue weighted by Gasteiger charge is -2.31. The zero-order valence-corrected chi connectivity index (χ0v) is 14.7. The predicted octanol–water partition coefficient (Wildman–Crippen LogP) is 2.48. The molecule has 0 unspecified atom stereocenters. The summed E-state index contributed by atoms with van der Waals surface area (Å²) in [6, 6.07) is 4.38. The van der Waals surface area contributed by atoms with Crippen LogP contribution >= 0.6 is 23.2 Å². The van der Waals surface area contributed by atoms with Crippen LogP contribution < -0.4 is 0 Å². The van der Waals surface area contributed by atoms with Gasteiger partial charge in [0.2, 0.25) is 15.9 Å². The Labute approximate surface area is 140 Å². The van der Waals surface area contributed by atoms with Crippen molar-refractivity contribution in [2.45, 2.75) is 17.7 Å². The third kappa shape index (κ3) is 3.56. The van der Waals surface area contributed by atoms with Crippen LogP contribution in [0.5, 0.6) is 0 Å². The first-order valence-electron chi connectivity index (χ1n) is 6.90. The van der Waals surface area contributed by atoms with Gasteiger partial charge in [-0.1, -0.05) is 23.2 Å². The number of hydrogen-bond donors (Lipinski definition) is 0. The maximum atomic E-state index is 12.7. The van der Waals surface area contributed by atoms with Crippen LogP contribution in [0.3, 0.4) is 0 Å². The maximum absolute atomic E-state index is 12.7. The lowest BCUT2D eigenvalue weighted by atomic mass is 9.97. The predicted molar refractivity (Wildman–Crippen MR) is 86.6 cm³/mol. The molecule has 0 radical (unpaired) electrons. The second-order valence-electron chi connectivity index (χ2n) is 5.49. The molecule has 2 rings (SSSR count). The van der Waals surface area contributed by atoms with Gasteiger partial charge in [-0.25, -0.2) is 8.42 Å². The quantitative estimate of drug-likeness (QED) is 0.827. The summed E-state index contributed by atoms with van der Waals surface area (Å²) in [6.07, 6.45) is 1.02. The number of rotatable bonds is 3. The number of sulfonamides is 1. The van der Waals surface area contributed by atoms with Crippen LogP contribution in [0.2, 0.25) is 10.0 Å². The van der Waals surface area contributed by atoms with Gasteiger partial charge in [-0.05, 0) is 31.0 Å². The molecule has 8 heteroatoms. The first-order valence-corrected chi connectivity index (χ1v) is 9.09. The van der Waals surface area contributed by atoms with E-state index in [1.165, 1.54) is 16.4 Å². The van der Waals surface area contributed by atoms with Crippen molar-refractivity contribution in [3.8, 4) is 0 Å². The van der Waals surface area contributed by atoms with Crippen molar-refractivity contribution < 1.29 is 13.2 Å². The van der Waals surface area contributed by atoms with E-state index in [-0.39, 0.29) is 21.7 Å². The van der Waals surface area contributed by atoms with E-state index in [1.54, 1.807) is 25.1 Å². The van der Waals surface area contributed by atoms with Crippen LogP contribution in [0, 0.1) is 5.92 Å². The molecule has 0 spiro atoms. The number of carbonyl (C=O) groups is 1. The van der Waals surface area contributed by atoms with E-state index < -0.39 is 10.0 Å². The highest BCUT2D eigenvalue weighted by Gasteiger charge is 2.33. The fourth-order valence-electron chi connectivity index (χ4n) is 2.52. The van der Waals surface area contributed by atoms with E-state index in [0.717, 1.165) is 0 Å². The average molecular weight is 365 g/mol. The molecule has 1 aliphatic heterocycles. The first-order chi connectivity index (χ1) is 10.2. The highest BCUT2D eigenvalue weighted by Crippen LogP contribution is 2.30. The zero-order valence-electron chi connectivity index (χ0n) is 12.4. The maximum Gasteiger partial charge on any atom is 0.244 e. The molecule has 0 bridgehead atoms. The minimum absolute atomic E-state index is 0.0130. The Bertz CT molecular complexity index is 669. The average Bonchev–Trinajstić information content (AvgIpc) is 2.48. The summed E-state index contributed by atoms with van der Waals surface area (Å²) in [4.78, 5) is 13.5. The van der Waals surface area contributed by atoms with Crippen molar-refractivity contribution in [2.24, 2.45) is 5.92 Å². The smallest absolute Gasteiger partial charge is 0.244 e. The summed E-state index contributed by atoms with van der Waals surface area (Å²) >= 11 is 11.9. The number of hydrogen-bond acceptors (Lipinski definition) is 3. The lowest BCUT2D eigenvalue weighted by molar-refractivity contribution is -0.134. The molecule has 1 saturated heterocycles. The Kier molecular flexibility index (Phi) is 5.37. The second-order valence-corrected chi connectivity index (χ2v) is 8.24. The van der Waals surface area contributed by atoms with Crippen LogP contribution in [0.15, 0.2) is 23.1 Å². The van der Waals surface area contributed by atoms with Crippen LogP contribution in [0.25, 0.3) is 0 Å². The molecule has 22 heavy (non-hydrogen) atoms. The number of nitrogens with zero attached hydrogens (tertiary/aromatic N) is 2. The van der Waals surface area contributed by atoms with E-state index >= 15 is 0 Å². The van der Waals surface area contributed by atoms with Crippen LogP contribution in [-0.4, -0.2) is 50.7 Å². The standard InChI is InChI=1S/C14H18Cl2N2O3S/c1-17(2)14(19)10-5-7-18(8-6-10)22(20,21)13-9-11(15)3-4-12(13)16/h3-4,9-10H,5-8H2,1-2H3. The molecule has 122 valence electrons. The van der Waals surface area contributed by atoms with E-state index in [9.17, 15) is 13.2 Å². The molecule has 1 amide bonds. The molecule has 1 heterocycles. The molecule has 1 fully saturated rings. The number of piperidine rings is 1. The minimum Gasteiger partial charge on any atom is -0.349 e. The molecular formula is C14H18Cl2N2O3S. The topological polar surface area (TPSA) is 57.7 Å². The summed E-state index contributed by atoms with van der Waals surface area (Å²) in [5.41, 5.74) is 0. The third-order valence-electron chi connectivity index (χ3n) is 3.76. The van der Waals surface area contributed by atoms with Crippen molar-refractivity contribution in [1.82, 2.24) is 9.21 Å². The molecule has 0 aromatic heterocycles. The van der Waals surface area contributed by atoms with Gasteiger partial charge in [0.25, 0.3) is 0 Å². The monoisotopic (exact) mass is 364 g/mol. The molecule has 0 aliphatic carbocycles. The third-order valence-corrected chi connectivity index (χ3v) is 6.37. The van der Waals surface area contributed by atoms with E-state index in [1.807, 2.05) is 0 Å². The lowest BCUT2D eigenvalue weighted by Crippen LogP contribution is -2.42. The molecule has 1 aromatic rings. The van der Waals surface area contributed by atoms with Gasteiger partial charge < -0.3 is 4.90 Å². The Balaban J connectivity index is 2.16. The van der Waals surface area contributed by atoms with Gasteiger partial charge in [0, 0.05) is 38.1 Å². The Morgan fingerprint density at radius 2 is 1.82 bits per heavy atom. The summed E-state index contributed by atoms with van der Waals surface area (Å²) in [6.45, 7) is 0.602. The SMILES string of the molecule is CN(C)C(=O)C1CCN(S(=O)(=O)c2cc(Cl)ccc2Cl)CC1. The van der Waals surface area contributed by atoms with Crippen molar-refractivity contribution in [3.63, 3.8) is 0 Å². The molecule has 5 nitrogen and oxygen atoms in total. The van der Waals surface area contributed by atoms with Crippen molar-refractivity contribution in [2.75, 3.05) is 27.2 Å². The van der Waals surface area contributed by atoms with Gasteiger partial charge in [0.05, 0.1) is 5.02 Å². The van der Waals surface area contributed by atoms with Gasteiger partial charge in [0.15, 0.2) is 0 Å². The molecule has 0 N–H and O–H groups in total. The number of benzene rings is 1. The zero-order chi connectivity index (χ0) is 16.5. The number of amides is 1. The summed E-state index contributed by atoms with van der Waals surface area (Å²) in [5.74, 6) is -0.0888. The van der Waals surface area contributed by atoms with Gasteiger partial charge in [-0.15, -0.1) is 0 Å². The van der Waals surface area contributed by atoms with E-state index in [4.69, 9.17) is 23.2 Å². The second kappa shape index (κ2) is 6.74. The highest BCUT2D eigenvalue weighted by atomic mass is 35.5. The molecule has 0 saturated carbocycles. The van der Waals surface area contributed by atoms with Crippen molar-refractivity contribution >= 4 is 39.1 Å². The summed E-state index contributed by atoms with van der Waals surface area (Å²) in [7, 11) is -0.281. The van der Waals surface area contributed by atoms with E-state index in [0.29, 0.717) is 31.0 Å². The molecular weight excluding hydrogens is 347 g/mol. The number of halogens is 2.